The molecule has 0 aromatic heterocycles. The molecule has 0 heterocycles. The minimum absolute atomic E-state index is 0.0839. The molecule has 0 fully saturated rings. The van der Waals surface area contributed by atoms with Crippen LogP contribution >= 0.6 is 0 Å². The molecule has 0 amide bonds. The molecule has 1 aromatic rings. The smallest absolute Gasteiger partial charge is 0.175 e. The van der Waals surface area contributed by atoms with Crippen LogP contribution in [0, 0.1) is 5.82 Å². The van der Waals surface area contributed by atoms with Gasteiger partial charge in [0.15, 0.2) is 9.84 Å². The van der Waals surface area contributed by atoms with E-state index in [2.05, 4.69) is 0 Å². The Labute approximate surface area is 82.1 Å². The molecule has 0 spiro atoms. The molecule has 1 aromatic carbocycles. The van der Waals surface area contributed by atoms with Crippen molar-refractivity contribution in [2.75, 3.05) is 6.26 Å². The van der Waals surface area contributed by atoms with Crippen molar-refractivity contribution in [2.45, 2.75) is 17.9 Å². The number of sulfone groups is 1. The van der Waals surface area contributed by atoms with Crippen LogP contribution in [0.4, 0.5) is 4.39 Å². The Morgan fingerprint density at radius 3 is 2.36 bits per heavy atom. The summed E-state index contributed by atoms with van der Waals surface area (Å²) in [6.07, 6.45) is 0.0627. The van der Waals surface area contributed by atoms with Crippen LogP contribution in [-0.2, 0) is 9.84 Å². The molecule has 1 rings (SSSR count). The van der Waals surface area contributed by atoms with E-state index < -0.39 is 21.8 Å². The van der Waals surface area contributed by atoms with E-state index in [0.29, 0.717) is 0 Å². The fourth-order valence-electron chi connectivity index (χ4n) is 1.08. The predicted octanol–water partition coefficient (Wildman–Crippen LogP) is 1.28. The van der Waals surface area contributed by atoms with Gasteiger partial charge in [-0.05, 0) is 19.1 Å². The third-order valence-corrected chi connectivity index (χ3v) is 2.96. The molecule has 14 heavy (non-hydrogen) atoms. The predicted molar refractivity (Wildman–Crippen MR) is 50.1 cm³/mol. The van der Waals surface area contributed by atoms with Crippen molar-refractivity contribution >= 4 is 9.84 Å². The van der Waals surface area contributed by atoms with Crippen LogP contribution in [0.25, 0.3) is 0 Å². The molecule has 1 unspecified atom stereocenters. The highest BCUT2D eigenvalue weighted by atomic mass is 32.2. The summed E-state index contributed by atoms with van der Waals surface area (Å²) in [7, 11) is -3.39. The molecule has 78 valence electrons. The van der Waals surface area contributed by atoms with E-state index in [0.717, 1.165) is 12.3 Å². The molecule has 3 nitrogen and oxygen atoms in total. The normalized spacial score (nSPS) is 14.0. The average molecular weight is 218 g/mol. The highest BCUT2D eigenvalue weighted by Gasteiger charge is 2.13. The second-order valence-corrected chi connectivity index (χ2v) is 5.15. The SMILES string of the molecule is CC(O)c1ccc(S(C)(=O)=O)cc1F. The van der Waals surface area contributed by atoms with Crippen LogP contribution in [0.5, 0.6) is 0 Å². The summed E-state index contributed by atoms with van der Waals surface area (Å²) >= 11 is 0. The van der Waals surface area contributed by atoms with Gasteiger partial charge in [-0.15, -0.1) is 0 Å². The van der Waals surface area contributed by atoms with Gasteiger partial charge >= 0.3 is 0 Å². The van der Waals surface area contributed by atoms with Crippen LogP contribution < -0.4 is 0 Å². The Balaban J connectivity index is 3.27. The second-order valence-electron chi connectivity index (χ2n) is 3.13. The van der Waals surface area contributed by atoms with E-state index in [4.69, 9.17) is 5.11 Å². The number of halogens is 1. The first-order valence-corrected chi connectivity index (χ1v) is 5.89. The number of hydrogen-bond donors (Lipinski definition) is 1. The first-order chi connectivity index (χ1) is 6.32. The van der Waals surface area contributed by atoms with Gasteiger partial charge in [0, 0.05) is 11.8 Å². The molecule has 1 atom stereocenters. The van der Waals surface area contributed by atoms with Gasteiger partial charge in [-0.3, -0.25) is 0 Å². The maximum Gasteiger partial charge on any atom is 0.175 e. The van der Waals surface area contributed by atoms with Gasteiger partial charge in [0.1, 0.15) is 5.82 Å². The highest BCUT2D eigenvalue weighted by Crippen LogP contribution is 2.19. The Morgan fingerprint density at radius 2 is 2.00 bits per heavy atom. The van der Waals surface area contributed by atoms with Crippen LogP contribution in [0.2, 0.25) is 0 Å². The molecule has 1 N–H and O–H groups in total. The lowest BCUT2D eigenvalue weighted by molar-refractivity contribution is 0.194. The maximum atomic E-state index is 13.2. The number of hydrogen-bond acceptors (Lipinski definition) is 3. The molecular weight excluding hydrogens is 207 g/mol. The van der Waals surface area contributed by atoms with Crippen LogP contribution in [0.1, 0.15) is 18.6 Å². The quantitative estimate of drug-likeness (QED) is 0.813. The summed E-state index contributed by atoms with van der Waals surface area (Å²) in [5, 5.41) is 9.11. The van der Waals surface area contributed by atoms with E-state index in [1.807, 2.05) is 0 Å². The topological polar surface area (TPSA) is 54.4 Å². The average Bonchev–Trinajstić information content (AvgIpc) is 2.01. The fourth-order valence-corrected chi connectivity index (χ4v) is 1.71. The molecule has 0 radical (unpaired) electrons. The van der Waals surface area contributed by atoms with Gasteiger partial charge in [-0.25, -0.2) is 12.8 Å². The van der Waals surface area contributed by atoms with Crippen molar-refractivity contribution in [3.8, 4) is 0 Å². The lowest BCUT2D eigenvalue weighted by Gasteiger charge is -2.07. The van der Waals surface area contributed by atoms with Gasteiger partial charge in [0.05, 0.1) is 11.0 Å². The molecule has 0 aliphatic heterocycles. The second kappa shape index (κ2) is 3.67. The summed E-state index contributed by atoms with van der Waals surface area (Å²) in [6.45, 7) is 1.42. The van der Waals surface area contributed by atoms with Crippen molar-refractivity contribution in [2.24, 2.45) is 0 Å². The summed E-state index contributed by atoms with van der Waals surface area (Å²) in [5.41, 5.74) is 0.0948. The summed E-state index contributed by atoms with van der Waals surface area (Å²) in [4.78, 5) is -0.0839. The van der Waals surface area contributed by atoms with E-state index in [1.54, 1.807) is 0 Å². The third kappa shape index (κ3) is 2.30. The first-order valence-electron chi connectivity index (χ1n) is 4.00. The van der Waals surface area contributed by atoms with Gasteiger partial charge in [0.2, 0.25) is 0 Å². The Hall–Kier alpha value is -0.940. The van der Waals surface area contributed by atoms with E-state index in [9.17, 15) is 12.8 Å². The zero-order chi connectivity index (χ0) is 10.9. The van der Waals surface area contributed by atoms with E-state index in [-0.39, 0.29) is 10.5 Å². The number of aliphatic hydroxyl groups is 1. The third-order valence-electron chi connectivity index (χ3n) is 1.85. The van der Waals surface area contributed by atoms with Crippen LogP contribution in [-0.4, -0.2) is 19.8 Å². The van der Waals surface area contributed by atoms with Crippen molar-refractivity contribution < 1.29 is 17.9 Å². The minimum atomic E-state index is -3.39. The number of aliphatic hydroxyl groups excluding tert-OH is 1. The molecule has 0 aliphatic rings. The lowest BCUT2D eigenvalue weighted by Crippen LogP contribution is -2.01. The maximum absolute atomic E-state index is 13.2. The fraction of sp³-hybridized carbons (Fsp3) is 0.333. The number of rotatable bonds is 2. The first kappa shape index (κ1) is 11.1. The van der Waals surface area contributed by atoms with Crippen molar-refractivity contribution in [1.82, 2.24) is 0 Å². The number of benzene rings is 1. The Bertz CT molecular complexity index is 437. The van der Waals surface area contributed by atoms with Gasteiger partial charge in [0.25, 0.3) is 0 Å². The largest absolute Gasteiger partial charge is 0.389 e. The minimum Gasteiger partial charge on any atom is -0.389 e. The Morgan fingerprint density at radius 1 is 1.43 bits per heavy atom. The highest BCUT2D eigenvalue weighted by molar-refractivity contribution is 7.90. The Kier molecular flexibility index (Phi) is 2.92. The standard InChI is InChI=1S/C9H11FO3S/c1-6(11)8-4-3-7(5-9(8)10)14(2,12)13/h3-6,11H,1-2H3. The van der Waals surface area contributed by atoms with Gasteiger partial charge < -0.3 is 5.11 Å². The summed E-state index contributed by atoms with van der Waals surface area (Å²) in [5.74, 6) is -0.706. The molecule has 5 heteroatoms. The molecule has 0 aliphatic carbocycles. The van der Waals surface area contributed by atoms with Crippen LogP contribution in [0.15, 0.2) is 23.1 Å². The van der Waals surface area contributed by atoms with Crippen molar-refractivity contribution in [3.63, 3.8) is 0 Å². The zero-order valence-electron chi connectivity index (χ0n) is 7.86. The van der Waals surface area contributed by atoms with Crippen molar-refractivity contribution in [3.05, 3.63) is 29.6 Å². The zero-order valence-corrected chi connectivity index (χ0v) is 8.68. The molecule has 0 saturated heterocycles. The summed E-state index contributed by atoms with van der Waals surface area (Å²) < 4.78 is 35.3. The molecule has 0 saturated carbocycles. The van der Waals surface area contributed by atoms with Gasteiger partial charge in [-0.1, -0.05) is 6.07 Å². The molecule has 0 bridgehead atoms. The van der Waals surface area contributed by atoms with E-state index >= 15 is 0 Å². The van der Waals surface area contributed by atoms with Crippen LogP contribution in [0.3, 0.4) is 0 Å². The molecular formula is C9H11FO3S. The van der Waals surface area contributed by atoms with E-state index in [1.165, 1.54) is 19.1 Å². The monoisotopic (exact) mass is 218 g/mol. The lowest BCUT2D eigenvalue weighted by atomic mass is 10.1. The van der Waals surface area contributed by atoms with Gasteiger partial charge in [-0.2, -0.15) is 0 Å². The summed E-state index contributed by atoms with van der Waals surface area (Å²) in [6, 6.07) is 3.47. The van der Waals surface area contributed by atoms with Crippen molar-refractivity contribution in [1.29, 1.82) is 0 Å².